The smallest absolute Gasteiger partial charge is 0.231 e. The van der Waals surface area contributed by atoms with Gasteiger partial charge in [0.25, 0.3) is 0 Å². The van der Waals surface area contributed by atoms with E-state index in [-0.39, 0.29) is 12.6 Å². The lowest BCUT2D eigenvalue weighted by Gasteiger charge is -2.09. The van der Waals surface area contributed by atoms with E-state index in [2.05, 4.69) is 10.3 Å². The van der Waals surface area contributed by atoms with Crippen molar-refractivity contribution in [2.75, 3.05) is 20.4 Å². The first-order chi connectivity index (χ1) is 13.2. The Morgan fingerprint density at radius 2 is 2.04 bits per heavy atom. The fourth-order valence-corrected chi connectivity index (χ4v) is 2.88. The summed E-state index contributed by atoms with van der Waals surface area (Å²) in [6.07, 6.45) is 2.34. The normalized spacial score (nSPS) is 12.4. The van der Waals surface area contributed by atoms with E-state index in [1.165, 1.54) is 12.1 Å². The zero-order valence-corrected chi connectivity index (χ0v) is 14.8. The van der Waals surface area contributed by atoms with Crippen molar-refractivity contribution in [2.45, 2.75) is 13.0 Å². The number of nitrogens with one attached hydrogen (secondary N) is 1. The van der Waals surface area contributed by atoms with Gasteiger partial charge in [-0.25, -0.2) is 9.37 Å². The van der Waals surface area contributed by atoms with Crippen molar-refractivity contribution in [3.05, 3.63) is 59.7 Å². The number of halogens is 1. The Bertz CT molecular complexity index is 924. The first-order valence-electron chi connectivity index (χ1n) is 8.60. The topological polar surface area (TPSA) is 65.8 Å². The molecule has 0 aliphatic carbocycles. The van der Waals surface area contributed by atoms with Crippen LogP contribution in [0.4, 0.5) is 4.39 Å². The van der Waals surface area contributed by atoms with Crippen molar-refractivity contribution < 1.29 is 23.0 Å². The van der Waals surface area contributed by atoms with E-state index in [4.69, 9.17) is 18.6 Å². The summed E-state index contributed by atoms with van der Waals surface area (Å²) in [5.74, 6) is 2.23. The summed E-state index contributed by atoms with van der Waals surface area (Å²) in [7, 11) is 1.61. The lowest BCUT2D eigenvalue weighted by atomic mass is 10.2. The number of nitrogens with zero attached hydrogens (tertiary/aromatic N) is 1. The second kappa shape index (κ2) is 7.67. The molecule has 1 N–H and O–H groups in total. The number of rotatable bonds is 7. The molecule has 0 bridgehead atoms. The highest BCUT2D eigenvalue weighted by molar-refractivity contribution is 5.55. The molecular weight excluding hydrogens is 351 g/mol. The summed E-state index contributed by atoms with van der Waals surface area (Å²) in [4.78, 5) is 4.44. The van der Waals surface area contributed by atoms with Crippen LogP contribution in [0.3, 0.4) is 0 Å². The van der Waals surface area contributed by atoms with E-state index in [1.807, 2.05) is 12.1 Å². The fourth-order valence-electron chi connectivity index (χ4n) is 2.88. The second-order valence-electron chi connectivity index (χ2n) is 6.11. The Kier molecular flexibility index (Phi) is 4.93. The van der Waals surface area contributed by atoms with E-state index in [9.17, 15) is 4.39 Å². The van der Waals surface area contributed by atoms with Gasteiger partial charge in [0, 0.05) is 25.1 Å². The molecule has 1 aliphatic heterocycles. The van der Waals surface area contributed by atoms with Gasteiger partial charge in [0.05, 0.1) is 12.8 Å². The van der Waals surface area contributed by atoms with Gasteiger partial charge in [0.1, 0.15) is 12.1 Å². The number of aromatic nitrogens is 1. The predicted molar refractivity (Wildman–Crippen MR) is 96.4 cm³/mol. The SMILES string of the molecule is COc1cc(CNCCc2coc(-c3ccc(F)cc3)n2)cc2c1OCO2. The van der Waals surface area contributed by atoms with Gasteiger partial charge in [-0.1, -0.05) is 0 Å². The molecule has 7 heteroatoms. The van der Waals surface area contributed by atoms with Crippen molar-refractivity contribution in [2.24, 2.45) is 0 Å². The fraction of sp³-hybridized carbons (Fsp3) is 0.250. The molecule has 4 rings (SSSR count). The van der Waals surface area contributed by atoms with Crippen molar-refractivity contribution in [1.29, 1.82) is 0 Å². The monoisotopic (exact) mass is 370 g/mol. The molecule has 27 heavy (non-hydrogen) atoms. The Balaban J connectivity index is 1.31. The minimum absolute atomic E-state index is 0.213. The lowest BCUT2D eigenvalue weighted by Crippen LogP contribution is -2.16. The largest absolute Gasteiger partial charge is 0.493 e. The van der Waals surface area contributed by atoms with Gasteiger partial charge in [-0.3, -0.25) is 0 Å². The quantitative estimate of drug-likeness (QED) is 0.642. The average Bonchev–Trinajstić information content (AvgIpc) is 3.34. The van der Waals surface area contributed by atoms with Gasteiger partial charge in [0.15, 0.2) is 11.5 Å². The van der Waals surface area contributed by atoms with Crippen LogP contribution in [0.25, 0.3) is 11.5 Å². The molecule has 0 atom stereocenters. The number of hydrogen-bond donors (Lipinski definition) is 1. The van der Waals surface area contributed by atoms with Gasteiger partial charge < -0.3 is 23.9 Å². The minimum Gasteiger partial charge on any atom is -0.493 e. The van der Waals surface area contributed by atoms with Gasteiger partial charge in [-0.15, -0.1) is 0 Å². The zero-order chi connectivity index (χ0) is 18.6. The summed E-state index contributed by atoms with van der Waals surface area (Å²) in [6, 6.07) is 9.96. The summed E-state index contributed by atoms with van der Waals surface area (Å²) in [5, 5.41) is 3.37. The Morgan fingerprint density at radius 1 is 1.19 bits per heavy atom. The van der Waals surface area contributed by atoms with E-state index in [1.54, 1.807) is 25.5 Å². The molecule has 0 saturated carbocycles. The van der Waals surface area contributed by atoms with Gasteiger partial charge in [-0.05, 0) is 42.0 Å². The number of fused-ring (bicyclic) bond motifs is 1. The van der Waals surface area contributed by atoms with Crippen LogP contribution in [0.5, 0.6) is 17.2 Å². The molecule has 0 amide bonds. The Morgan fingerprint density at radius 3 is 2.85 bits per heavy atom. The maximum absolute atomic E-state index is 13.0. The first kappa shape index (κ1) is 17.4. The lowest BCUT2D eigenvalue weighted by molar-refractivity contribution is 0.171. The van der Waals surface area contributed by atoms with Crippen molar-refractivity contribution in [3.63, 3.8) is 0 Å². The molecule has 0 fully saturated rings. The second-order valence-corrected chi connectivity index (χ2v) is 6.11. The van der Waals surface area contributed by atoms with Crippen LogP contribution in [-0.2, 0) is 13.0 Å². The predicted octanol–water partition coefficient (Wildman–Crippen LogP) is 3.55. The van der Waals surface area contributed by atoms with Crippen LogP contribution in [0.2, 0.25) is 0 Å². The highest BCUT2D eigenvalue weighted by Gasteiger charge is 2.19. The van der Waals surface area contributed by atoms with Crippen LogP contribution in [0.1, 0.15) is 11.3 Å². The number of hydrogen-bond acceptors (Lipinski definition) is 6. The van der Waals surface area contributed by atoms with Crippen LogP contribution in [0.15, 0.2) is 47.1 Å². The van der Waals surface area contributed by atoms with Gasteiger partial charge in [-0.2, -0.15) is 0 Å². The van der Waals surface area contributed by atoms with Crippen LogP contribution >= 0.6 is 0 Å². The summed E-state index contributed by atoms with van der Waals surface area (Å²) >= 11 is 0. The third kappa shape index (κ3) is 3.88. The summed E-state index contributed by atoms with van der Waals surface area (Å²) < 4.78 is 34.6. The molecular formula is C20H19FN2O4. The maximum atomic E-state index is 13.0. The van der Waals surface area contributed by atoms with Crippen molar-refractivity contribution in [3.8, 4) is 28.7 Å². The first-order valence-corrected chi connectivity index (χ1v) is 8.60. The molecule has 140 valence electrons. The highest BCUT2D eigenvalue weighted by Crippen LogP contribution is 2.41. The van der Waals surface area contributed by atoms with Gasteiger partial charge in [0.2, 0.25) is 18.4 Å². The Labute approximate surface area is 155 Å². The van der Waals surface area contributed by atoms with E-state index in [0.29, 0.717) is 36.1 Å². The van der Waals surface area contributed by atoms with Gasteiger partial charge >= 0.3 is 0 Å². The molecule has 6 nitrogen and oxygen atoms in total. The number of ether oxygens (including phenoxy) is 3. The molecule has 1 aromatic heterocycles. The summed E-state index contributed by atoms with van der Waals surface area (Å²) in [6.45, 7) is 1.60. The molecule has 0 saturated heterocycles. The van der Waals surface area contributed by atoms with Crippen LogP contribution < -0.4 is 19.5 Å². The standard InChI is InChI=1S/C20H19FN2O4/c1-24-17-8-13(9-18-19(17)27-12-26-18)10-22-7-6-16-11-25-20(23-16)14-2-4-15(21)5-3-14/h2-5,8-9,11,22H,6-7,10,12H2,1H3. The van der Waals surface area contributed by atoms with E-state index >= 15 is 0 Å². The minimum atomic E-state index is -0.283. The highest BCUT2D eigenvalue weighted by atomic mass is 19.1. The van der Waals surface area contributed by atoms with Crippen molar-refractivity contribution in [1.82, 2.24) is 10.3 Å². The Hall–Kier alpha value is -3.06. The molecule has 3 aromatic rings. The molecule has 0 unspecified atom stereocenters. The molecule has 0 radical (unpaired) electrons. The third-order valence-electron chi connectivity index (χ3n) is 4.25. The van der Waals surface area contributed by atoms with Crippen LogP contribution in [-0.4, -0.2) is 25.4 Å². The molecule has 2 aromatic carbocycles. The molecule has 0 spiro atoms. The zero-order valence-electron chi connectivity index (χ0n) is 14.8. The number of benzene rings is 2. The molecule has 2 heterocycles. The number of methoxy groups -OCH3 is 1. The van der Waals surface area contributed by atoms with E-state index in [0.717, 1.165) is 23.4 Å². The average molecular weight is 370 g/mol. The summed E-state index contributed by atoms with van der Waals surface area (Å²) in [5.41, 5.74) is 2.64. The number of oxazole rings is 1. The maximum Gasteiger partial charge on any atom is 0.231 e. The van der Waals surface area contributed by atoms with Crippen LogP contribution in [0, 0.1) is 5.82 Å². The third-order valence-corrected chi connectivity index (χ3v) is 4.25. The van der Waals surface area contributed by atoms with Crippen molar-refractivity contribution >= 4 is 0 Å². The van der Waals surface area contributed by atoms with E-state index < -0.39 is 0 Å². The molecule has 1 aliphatic rings.